The molecule has 1 aliphatic rings. The number of para-hydroxylation sites is 1. The van der Waals surface area contributed by atoms with E-state index in [0.717, 1.165) is 42.7 Å². The monoisotopic (exact) mass is 338 g/mol. The third-order valence-corrected chi connectivity index (χ3v) is 5.20. The van der Waals surface area contributed by atoms with Gasteiger partial charge in [0.05, 0.1) is 12.0 Å². The fraction of sp³-hybridized carbons (Fsp3) is 0.381. The molecule has 0 aliphatic carbocycles. The third kappa shape index (κ3) is 3.85. The molecule has 1 fully saturated rings. The standard InChI is InChI=1S/C21H26N2O2/c1-15(20(21(22)25)16-7-3-2-4-8-16)18-9-5-6-10-19(18)23-13-11-17(24)12-14-23/h2-10,15,17,20,24H,11-14H2,1H3,(H2,22,25). The fourth-order valence-corrected chi connectivity index (χ4v) is 3.81. The lowest BCUT2D eigenvalue weighted by molar-refractivity contribution is -0.119. The Morgan fingerprint density at radius 3 is 2.32 bits per heavy atom. The summed E-state index contributed by atoms with van der Waals surface area (Å²) >= 11 is 0. The summed E-state index contributed by atoms with van der Waals surface area (Å²) < 4.78 is 0. The molecular formula is C21H26N2O2. The molecule has 1 saturated heterocycles. The van der Waals surface area contributed by atoms with E-state index in [4.69, 9.17) is 5.73 Å². The van der Waals surface area contributed by atoms with Gasteiger partial charge in [-0.3, -0.25) is 4.79 Å². The predicted octanol–water partition coefficient (Wildman–Crippen LogP) is 3.02. The number of aliphatic hydroxyl groups is 1. The minimum Gasteiger partial charge on any atom is -0.393 e. The number of hydrogen-bond acceptors (Lipinski definition) is 3. The molecule has 1 amide bonds. The van der Waals surface area contributed by atoms with Gasteiger partial charge in [0.2, 0.25) is 5.91 Å². The molecule has 0 bridgehead atoms. The minimum atomic E-state index is -0.363. The van der Waals surface area contributed by atoms with Crippen molar-refractivity contribution in [2.75, 3.05) is 18.0 Å². The summed E-state index contributed by atoms with van der Waals surface area (Å²) in [5, 5.41) is 9.77. The molecule has 0 spiro atoms. The van der Waals surface area contributed by atoms with E-state index in [9.17, 15) is 9.90 Å². The molecule has 4 heteroatoms. The van der Waals surface area contributed by atoms with Crippen LogP contribution in [0.4, 0.5) is 5.69 Å². The van der Waals surface area contributed by atoms with Crippen LogP contribution in [0.25, 0.3) is 0 Å². The molecule has 2 aromatic rings. The Morgan fingerprint density at radius 1 is 1.08 bits per heavy atom. The number of primary amides is 1. The highest BCUT2D eigenvalue weighted by atomic mass is 16.3. The van der Waals surface area contributed by atoms with Gasteiger partial charge in [0.1, 0.15) is 0 Å². The van der Waals surface area contributed by atoms with Crippen LogP contribution in [0.2, 0.25) is 0 Å². The summed E-state index contributed by atoms with van der Waals surface area (Å²) in [6.07, 6.45) is 1.35. The average Bonchev–Trinajstić information content (AvgIpc) is 2.63. The Kier molecular flexibility index (Phi) is 5.39. The Labute approximate surface area is 149 Å². The van der Waals surface area contributed by atoms with Gasteiger partial charge in [-0.2, -0.15) is 0 Å². The van der Waals surface area contributed by atoms with Gasteiger partial charge in [-0.15, -0.1) is 0 Å². The highest BCUT2D eigenvalue weighted by Crippen LogP contribution is 2.38. The van der Waals surface area contributed by atoms with Gasteiger partial charge in [-0.1, -0.05) is 55.5 Å². The van der Waals surface area contributed by atoms with E-state index in [1.807, 2.05) is 42.5 Å². The maximum absolute atomic E-state index is 12.2. The van der Waals surface area contributed by atoms with E-state index < -0.39 is 0 Å². The van der Waals surface area contributed by atoms with Crippen LogP contribution in [0, 0.1) is 0 Å². The van der Waals surface area contributed by atoms with E-state index >= 15 is 0 Å². The predicted molar refractivity (Wildman–Crippen MR) is 101 cm³/mol. The molecule has 25 heavy (non-hydrogen) atoms. The van der Waals surface area contributed by atoms with Gasteiger partial charge in [0, 0.05) is 18.8 Å². The number of piperidine rings is 1. The molecule has 0 radical (unpaired) electrons. The third-order valence-electron chi connectivity index (χ3n) is 5.20. The molecule has 2 atom stereocenters. The van der Waals surface area contributed by atoms with Crippen molar-refractivity contribution in [1.29, 1.82) is 0 Å². The molecule has 1 heterocycles. The van der Waals surface area contributed by atoms with Gasteiger partial charge in [-0.05, 0) is 36.0 Å². The molecule has 0 aromatic heterocycles. The van der Waals surface area contributed by atoms with Crippen molar-refractivity contribution >= 4 is 11.6 Å². The molecular weight excluding hydrogens is 312 g/mol. The molecule has 3 N–H and O–H groups in total. The Morgan fingerprint density at radius 2 is 1.68 bits per heavy atom. The van der Waals surface area contributed by atoms with Crippen molar-refractivity contribution in [3.05, 3.63) is 65.7 Å². The van der Waals surface area contributed by atoms with Crippen LogP contribution in [0.5, 0.6) is 0 Å². The van der Waals surface area contributed by atoms with E-state index in [1.54, 1.807) is 0 Å². The zero-order valence-corrected chi connectivity index (χ0v) is 14.6. The summed E-state index contributed by atoms with van der Waals surface area (Å²) in [6.45, 7) is 3.73. The summed E-state index contributed by atoms with van der Waals surface area (Å²) in [5.41, 5.74) is 8.99. The zero-order chi connectivity index (χ0) is 17.8. The van der Waals surface area contributed by atoms with Crippen LogP contribution in [0.3, 0.4) is 0 Å². The van der Waals surface area contributed by atoms with Gasteiger partial charge in [0.25, 0.3) is 0 Å². The Balaban J connectivity index is 1.93. The number of amides is 1. The number of nitrogens with zero attached hydrogens (tertiary/aromatic N) is 1. The topological polar surface area (TPSA) is 66.6 Å². The molecule has 1 aliphatic heterocycles. The Bertz CT molecular complexity index is 709. The van der Waals surface area contributed by atoms with Crippen LogP contribution < -0.4 is 10.6 Å². The highest BCUT2D eigenvalue weighted by Gasteiger charge is 2.29. The quantitative estimate of drug-likeness (QED) is 0.881. The first kappa shape index (κ1) is 17.5. The van der Waals surface area contributed by atoms with Crippen LogP contribution >= 0.6 is 0 Å². The normalized spacial score (nSPS) is 17.9. The zero-order valence-electron chi connectivity index (χ0n) is 14.6. The maximum atomic E-state index is 12.2. The van der Waals surface area contributed by atoms with Crippen molar-refractivity contribution in [2.45, 2.75) is 37.7 Å². The number of benzene rings is 2. The van der Waals surface area contributed by atoms with Gasteiger partial charge in [-0.25, -0.2) is 0 Å². The van der Waals surface area contributed by atoms with E-state index in [0.29, 0.717) is 0 Å². The SMILES string of the molecule is CC(c1ccccc1N1CCC(O)CC1)C(C(N)=O)c1ccccc1. The molecule has 2 unspecified atom stereocenters. The van der Waals surface area contributed by atoms with Crippen molar-refractivity contribution < 1.29 is 9.90 Å². The van der Waals surface area contributed by atoms with Crippen molar-refractivity contribution in [3.63, 3.8) is 0 Å². The number of rotatable bonds is 5. The summed E-state index contributed by atoms with van der Waals surface area (Å²) in [4.78, 5) is 14.5. The Hall–Kier alpha value is -2.33. The number of hydrogen-bond donors (Lipinski definition) is 2. The highest BCUT2D eigenvalue weighted by molar-refractivity contribution is 5.83. The van der Waals surface area contributed by atoms with Crippen LogP contribution in [-0.2, 0) is 4.79 Å². The fourth-order valence-electron chi connectivity index (χ4n) is 3.81. The largest absolute Gasteiger partial charge is 0.393 e. The summed E-state index contributed by atoms with van der Waals surface area (Å²) in [5.74, 6) is -0.691. The lowest BCUT2D eigenvalue weighted by atomic mass is 9.81. The molecule has 2 aromatic carbocycles. The van der Waals surface area contributed by atoms with E-state index in [2.05, 4.69) is 24.0 Å². The molecule has 4 nitrogen and oxygen atoms in total. The first-order valence-corrected chi connectivity index (χ1v) is 8.94. The first-order valence-electron chi connectivity index (χ1n) is 8.94. The minimum absolute atomic E-state index is 0.0250. The van der Waals surface area contributed by atoms with Crippen molar-refractivity contribution in [2.24, 2.45) is 5.73 Å². The molecule has 3 rings (SSSR count). The average molecular weight is 338 g/mol. The van der Waals surface area contributed by atoms with Gasteiger partial charge in [0.15, 0.2) is 0 Å². The van der Waals surface area contributed by atoms with Gasteiger partial charge < -0.3 is 15.7 Å². The summed E-state index contributed by atoms with van der Waals surface area (Å²) in [7, 11) is 0. The van der Waals surface area contributed by atoms with Crippen LogP contribution in [0.15, 0.2) is 54.6 Å². The second-order valence-electron chi connectivity index (χ2n) is 6.86. The maximum Gasteiger partial charge on any atom is 0.225 e. The molecule has 132 valence electrons. The van der Waals surface area contributed by atoms with Crippen LogP contribution in [-0.4, -0.2) is 30.2 Å². The second-order valence-corrected chi connectivity index (χ2v) is 6.86. The van der Waals surface area contributed by atoms with E-state index in [-0.39, 0.29) is 23.8 Å². The number of carbonyl (C=O) groups excluding carboxylic acids is 1. The lowest BCUT2D eigenvalue weighted by Crippen LogP contribution is -2.37. The smallest absolute Gasteiger partial charge is 0.225 e. The number of anilines is 1. The first-order chi connectivity index (χ1) is 12.1. The number of nitrogens with two attached hydrogens (primary N) is 1. The molecule has 0 saturated carbocycles. The lowest BCUT2D eigenvalue weighted by Gasteiger charge is -2.35. The van der Waals surface area contributed by atoms with Crippen molar-refractivity contribution in [1.82, 2.24) is 0 Å². The van der Waals surface area contributed by atoms with Crippen molar-refractivity contribution in [3.8, 4) is 0 Å². The van der Waals surface area contributed by atoms with E-state index in [1.165, 1.54) is 0 Å². The van der Waals surface area contributed by atoms with Crippen LogP contribution in [0.1, 0.15) is 42.7 Å². The number of carbonyl (C=O) groups is 1. The number of aliphatic hydroxyl groups excluding tert-OH is 1. The van der Waals surface area contributed by atoms with Gasteiger partial charge >= 0.3 is 0 Å². The summed E-state index contributed by atoms with van der Waals surface area (Å²) in [6, 6.07) is 18.0. The second kappa shape index (κ2) is 7.70.